The van der Waals surface area contributed by atoms with Gasteiger partial charge in [0.05, 0.1) is 11.1 Å². The lowest BCUT2D eigenvalue weighted by Gasteiger charge is -2.05. The van der Waals surface area contributed by atoms with E-state index in [1.165, 1.54) is 30.5 Å². The predicted octanol–water partition coefficient (Wildman–Crippen LogP) is 0.594. The van der Waals surface area contributed by atoms with E-state index in [2.05, 4.69) is 14.9 Å². The summed E-state index contributed by atoms with van der Waals surface area (Å²) in [7, 11) is -3.61. The first-order valence-electron chi connectivity index (χ1n) is 4.84. The standard InChI is InChI=1S/C10H11N3O3S/c14-9-2-1-3-10(4-9)17(15,16)13-7-8-5-11-12-6-8/h1-6,13-14H,7H2,(H,11,12). The largest absolute Gasteiger partial charge is 0.508 e. The van der Waals surface area contributed by atoms with Crippen molar-refractivity contribution in [2.45, 2.75) is 11.4 Å². The van der Waals surface area contributed by atoms with Crippen molar-refractivity contribution in [1.82, 2.24) is 14.9 Å². The van der Waals surface area contributed by atoms with Crippen LogP contribution in [-0.2, 0) is 16.6 Å². The fourth-order valence-electron chi connectivity index (χ4n) is 1.29. The zero-order chi connectivity index (χ0) is 12.3. The molecule has 2 aromatic rings. The minimum Gasteiger partial charge on any atom is -0.508 e. The number of hydrogen-bond donors (Lipinski definition) is 3. The summed E-state index contributed by atoms with van der Waals surface area (Å²) < 4.78 is 26.1. The number of sulfonamides is 1. The molecule has 0 unspecified atom stereocenters. The monoisotopic (exact) mass is 253 g/mol. The molecule has 0 bridgehead atoms. The molecule has 6 nitrogen and oxygen atoms in total. The summed E-state index contributed by atoms with van der Waals surface area (Å²) in [6.07, 6.45) is 3.13. The Morgan fingerprint density at radius 3 is 2.88 bits per heavy atom. The van der Waals surface area contributed by atoms with E-state index in [0.29, 0.717) is 0 Å². The second-order valence-corrected chi connectivity index (χ2v) is 5.20. The van der Waals surface area contributed by atoms with Gasteiger partial charge in [0, 0.05) is 18.3 Å². The van der Waals surface area contributed by atoms with Gasteiger partial charge in [-0.25, -0.2) is 13.1 Å². The molecule has 3 N–H and O–H groups in total. The first-order valence-corrected chi connectivity index (χ1v) is 6.32. The number of nitrogens with one attached hydrogen (secondary N) is 2. The van der Waals surface area contributed by atoms with Crippen molar-refractivity contribution in [3.05, 3.63) is 42.2 Å². The molecule has 2 rings (SSSR count). The number of aromatic hydroxyl groups is 1. The average Bonchev–Trinajstić information content (AvgIpc) is 2.79. The maximum absolute atomic E-state index is 11.8. The van der Waals surface area contributed by atoms with Crippen LogP contribution in [0.1, 0.15) is 5.56 Å². The van der Waals surface area contributed by atoms with Gasteiger partial charge in [0.25, 0.3) is 0 Å². The van der Waals surface area contributed by atoms with Crippen LogP contribution in [0.3, 0.4) is 0 Å². The molecule has 0 radical (unpaired) electrons. The quantitative estimate of drug-likeness (QED) is 0.743. The van der Waals surface area contributed by atoms with E-state index in [1.54, 1.807) is 6.20 Å². The molecule has 90 valence electrons. The van der Waals surface area contributed by atoms with Crippen molar-refractivity contribution in [3.63, 3.8) is 0 Å². The zero-order valence-electron chi connectivity index (χ0n) is 8.79. The zero-order valence-corrected chi connectivity index (χ0v) is 9.61. The number of phenols is 1. The third-order valence-corrected chi connectivity index (χ3v) is 3.55. The van der Waals surface area contributed by atoms with Gasteiger partial charge in [0.2, 0.25) is 10.0 Å². The van der Waals surface area contributed by atoms with Crippen LogP contribution in [0.5, 0.6) is 5.75 Å². The van der Waals surface area contributed by atoms with Crippen molar-refractivity contribution in [3.8, 4) is 5.75 Å². The van der Waals surface area contributed by atoms with Crippen molar-refractivity contribution in [2.24, 2.45) is 0 Å². The van der Waals surface area contributed by atoms with Crippen LogP contribution in [0.2, 0.25) is 0 Å². The van der Waals surface area contributed by atoms with Crippen LogP contribution in [0.25, 0.3) is 0 Å². The highest BCUT2D eigenvalue weighted by atomic mass is 32.2. The minimum absolute atomic E-state index is 0.0287. The molecule has 1 aromatic carbocycles. The van der Waals surface area contributed by atoms with E-state index < -0.39 is 10.0 Å². The number of H-pyrrole nitrogens is 1. The molecule has 0 aliphatic rings. The molecule has 0 aliphatic carbocycles. The van der Waals surface area contributed by atoms with Gasteiger partial charge in [-0.2, -0.15) is 5.10 Å². The second kappa shape index (κ2) is 4.56. The van der Waals surface area contributed by atoms with Gasteiger partial charge in [-0.1, -0.05) is 6.07 Å². The number of nitrogens with zero attached hydrogens (tertiary/aromatic N) is 1. The third-order valence-electron chi connectivity index (χ3n) is 2.15. The normalized spacial score (nSPS) is 11.5. The fourth-order valence-corrected chi connectivity index (χ4v) is 2.34. The highest BCUT2D eigenvalue weighted by Crippen LogP contribution is 2.15. The Labute approximate surface area is 98.4 Å². The van der Waals surface area contributed by atoms with Gasteiger partial charge >= 0.3 is 0 Å². The fraction of sp³-hybridized carbons (Fsp3) is 0.100. The molecular weight excluding hydrogens is 242 g/mol. The van der Waals surface area contributed by atoms with Crippen LogP contribution in [0, 0.1) is 0 Å². The molecule has 0 atom stereocenters. The molecule has 1 heterocycles. The number of hydrogen-bond acceptors (Lipinski definition) is 4. The Kier molecular flexibility index (Phi) is 3.12. The number of aromatic amines is 1. The summed E-state index contributed by atoms with van der Waals surface area (Å²) in [5.41, 5.74) is 0.730. The van der Waals surface area contributed by atoms with E-state index in [1.807, 2.05) is 0 Å². The van der Waals surface area contributed by atoms with E-state index >= 15 is 0 Å². The van der Waals surface area contributed by atoms with Gasteiger partial charge in [-0.05, 0) is 18.2 Å². The second-order valence-electron chi connectivity index (χ2n) is 3.43. The number of aromatic nitrogens is 2. The van der Waals surface area contributed by atoms with E-state index in [9.17, 15) is 13.5 Å². The Bertz CT molecular complexity index is 593. The van der Waals surface area contributed by atoms with Crippen molar-refractivity contribution >= 4 is 10.0 Å². The van der Waals surface area contributed by atoms with Crippen molar-refractivity contribution in [2.75, 3.05) is 0 Å². The summed E-state index contributed by atoms with van der Waals surface area (Å²) in [5, 5.41) is 15.5. The summed E-state index contributed by atoms with van der Waals surface area (Å²) in [4.78, 5) is 0.0287. The highest BCUT2D eigenvalue weighted by molar-refractivity contribution is 7.89. The van der Waals surface area contributed by atoms with Crippen LogP contribution >= 0.6 is 0 Å². The molecule has 0 amide bonds. The lowest BCUT2D eigenvalue weighted by molar-refractivity contribution is 0.473. The predicted molar refractivity (Wildman–Crippen MR) is 60.7 cm³/mol. The molecule has 1 aromatic heterocycles. The van der Waals surface area contributed by atoms with Crippen LogP contribution in [-0.4, -0.2) is 23.7 Å². The van der Waals surface area contributed by atoms with Crippen LogP contribution in [0.4, 0.5) is 0 Å². The molecule has 0 aliphatic heterocycles. The molecule has 17 heavy (non-hydrogen) atoms. The summed E-state index contributed by atoms with van der Waals surface area (Å²) in [5.74, 6) is -0.0869. The summed E-state index contributed by atoms with van der Waals surface area (Å²) in [6.45, 7) is 0.147. The smallest absolute Gasteiger partial charge is 0.241 e. The average molecular weight is 253 g/mol. The van der Waals surface area contributed by atoms with Gasteiger partial charge < -0.3 is 5.11 Å². The minimum atomic E-state index is -3.61. The molecule has 0 spiro atoms. The van der Waals surface area contributed by atoms with Crippen molar-refractivity contribution in [1.29, 1.82) is 0 Å². The van der Waals surface area contributed by atoms with E-state index in [4.69, 9.17) is 0 Å². The molecular formula is C10H11N3O3S. The summed E-state index contributed by atoms with van der Waals surface area (Å²) >= 11 is 0. The van der Waals surface area contributed by atoms with E-state index in [0.717, 1.165) is 5.56 Å². The Morgan fingerprint density at radius 2 is 2.24 bits per heavy atom. The lowest BCUT2D eigenvalue weighted by atomic mass is 10.3. The SMILES string of the molecule is O=S(=O)(NCc1cn[nH]c1)c1cccc(O)c1. The molecule has 0 saturated heterocycles. The highest BCUT2D eigenvalue weighted by Gasteiger charge is 2.14. The maximum Gasteiger partial charge on any atom is 0.241 e. The number of phenolic OH excluding ortho intramolecular Hbond substituents is 1. The lowest BCUT2D eigenvalue weighted by Crippen LogP contribution is -2.22. The molecule has 0 fully saturated rings. The van der Waals surface area contributed by atoms with Crippen LogP contribution < -0.4 is 4.72 Å². The Morgan fingerprint density at radius 1 is 1.41 bits per heavy atom. The first-order chi connectivity index (χ1) is 8.08. The Balaban J connectivity index is 2.14. The number of benzene rings is 1. The van der Waals surface area contributed by atoms with Gasteiger partial charge in [-0.3, -0.25) is 5.10 Å². The first kappa shape index (κ1) is 11.6. The maximum atomic E-state index is 11.8. The van der Waals surface area contributed by atoms with Gasteiger partial charge in [0.15, 0.2) is 0 Å². The van der Waals surface area contributed by atoms with Crippen molar-refractivity contribution < 1.29 is 13.5 Å². The van der Waals surface area contributed by atoms with Gasteiger partial charge in [-0.15, -0.1) is 0 Å². The van der Waals surface area contributed by atoms with Crippen LogP contribution in [0.15, 0.2) is 41.6 Å². The van der Waals surface area contributed by atoms with E-state index in [-0.39, 0.29) is 17.2 Å². The molecule has 7 heteroatoms. The molecule has 0 saturated carbocycles. The van der Waals surface area contributed by atoms with Gasteiger partial charge in [0.1, 0.15) is 5.75 Å². The topological polar surface area (TPSA) is 95.1 Å². The Hall–Kier alpha value is -1.86. The summed E-state index contributed by atoms with van der Waals surface area (Å²) in [6, 6.07) is 5.49. The third kappa shape index (κ3) is 2.83. The number of rotatable bonds is 4.